The van der Waals surface area contributed by atoms with Crippen molar-refractivity contribution in [2.75, 3.05) is 44.7 Å². The fourth-order valence-corrected chi connectivity index (χ4v) is 2.72. The van der Waals surface area contributed by atoms with Crippen LogP contribution in [0.4, 0.5) is 5.82 Å². The molecule has 0 spiro atoms. The maximum atomic E-state index is 4.64. The Morgan fingerprint density at radius 2 is 2.00 bits per heavy atom. The van der Waals surface area contributed by atoms with Gasteiger partial charge < -0.3 is 20.4 Å². The first-order valence-corrected chi connectivity index (χ1v) is 9.05. The van der Waals surface area contributed by atoms with Crippen LogP contribution in [0.2, 0.25) is 0 Å². The number of nitrogens with zero attached hydrogens (tertiary/aromatic N) is 4. The second-order valence-electron chi connectivity index (χ2n) is 6.33. The number of anilines is 1. The first-order valence-electron chi connectivity index (χ1n) is 9.05. The molecule has 1 atom stereocenters. The van der Waals surface area contributed by atoms with Crippen molar-refractivity contribution in [1.82, 2.24) is 20.5 Å². The van der Waals surface area contributed by atoms with Gasteiger partial charge in [0.25, 0.3) is 0 Å². The third-order valence-corrected chi connectivity index (χ3v) is 4.63. The van der Waals surface area contributed by atoms with Crippen LogP contribution in [0.5, 0.6) is 0 Å². The van der Waals surface area contributed by atoms with E-state index in [-0.39, 0.29) is 0 Å². The Bertz CT molecular complexity index is 505. The van der Waals surface area contributed by atoms with Crippen LogP contribution in [0.25, 0.3) is 0 Å². The maximum absolute atomic E-state index is 4.64. The van der Waals surface area contributed by atoms with Gasteiger partial charge in [0.15, 0.2) is 5.96 Å². The zero-order valence-electron chi connectivity index (χ0n) is 15.5. The quantitative estimate of drug-likeness (QED) is 0.613. The van der Waals surface area contributed by atoms with Crippen molar-refractivity contribution in [1.29, 1.82) is 0 Å². The lowest BCUT2D eigenvalue weighted by atomic mass is 10.2. The van der Waals surface area contributed by atoms with E-state index in [4.69, 9.17) is 0 Å². The monoisotopic (exact) mass is 332 g/mol. The molecule has 0 aromatic carbocycles. The molecular weight excluding hydrogens is 300 g/mol. The standard InChI is InChI=1S/C18H32N6/c1-5-15(3)22-18(19-4)21-14-16-7-8-17(20-13-16)24-11-9-23(6-2)10-12-24/h7-8,13,15H,5-6,9-12,14H2,1-4H3,(H2,19,21,22). The van der Waals surface area contributed by atoms with Gasteiger partial charge in [0.1, 0.15) is 5.82 Å². The molecule has 1 aliphatic heterocycles. The highest BCUT2D eigenvalue weighted by molar-refractivity contribution is 5.79. The molecule has 24 heavy (non-hydrogen) atoms. The highest BCUT2D eigenvalue weighted by Gasteiger charge is 2.16. The lowest BCUT2D eigenvalue weighted by Crippen LogP contribution is -2.46. The topological polar surface area (TPSA) is 55.8 Å². The SMILES string of the molecule is CCC(C)NC(=NC)NCc1ccc(N2CCN(CC)CC2)nc1. The third kappa shape index (κ3) is 5.37. The number of rotatable bonds is 6. The molecule has 1 fully saturated rings. The van der Waals surface area contributed by atoms with Crippen molar-refractivity contribution in [3.63, 3.8) is 0 Å². The summed E-state index contributed by atoms with van der Waals surface area (Å²) in [6, 6.07) is 4.69. The Morgan fingerprint density at radius 1 is 1.25 bits per heavy atom. The largest absolute Gasteiger partial charge is 0.354 e. The van der Waals surface area contributed by atoms with Crippen molar-refractivity contribution in [2.45, 2.75) is 39.8 Å². The van der Waals surface area contributed by atoms with Crippen LogP contribution in [-0.2, 0) is 6.54 Å². The molecule has 1 aromatic rings. The predicted octanol–water partition coefficient (Wildman–Crippen LogP) is 1.69. The summed E-state index contributed by atoms with van der Waals surface area (Å²) in [5.41, 5.74) is 1.16. The van der Waals surface area contributed by atoms with Gasteiger partial charge in [0, 0.05) is 52.0 Å². The van der Waals surface area contributed by atoms with E-state index >= 15 is 0 Å². The van der Waals surface area contributed by atoms with Gasteiger partial charge in [-0.2, -0.15) is 0 Å². The molecular formula is C18H32N6. The molecule has 2 heterocycles. The Kier molecular flexibility index (Phi) is 7.31. The zero-order chi connectivity index (χ0) is 17.4. The highest BCUT2D eigenvalue weighted by atomic mass is 15.3. The van der Waals surface area contributed by atoms with Crippen LogP contribution in [0, 0.1) is 0 Å². The fourth-order valence-electron chi connectivity index (χ4n) is 2.72. The average molecular weight is 332 g/mol. The molecule has 0 amide bonds. The summed E-state index contributed by atoms with van der Waals surface area (Å²) in [4.78, 5) is 13.7. The molecule has 134 valence electrons. The summed E-state index contributed by atoms with van der Waals surface area (Å²) < 4.78 is 0. The summed E-state index contributed by atoms with van der Waals surface area (Å²) in [5, 5.41) is 6.71. The van der Waals surface area contributed by atoms with E-state index in [1.165, 1.54) is 0 Å². The molecule has 2 N–H and O–H groups in total. The molecule has 0 bridgehead atoms. The van der Waals surface area contributed by atoms with E-state index in [1.54, 1.807) is 7.05 Å². The Hall–Kier alpha value is -1.82. The number of guanidine groups is 1. The molecule has 1 aromatic heterocycles. The first kappa shape index (κ1) is 18.5. The van der Waals surface area contributed by atoms with Crippen molar-refractivity contribution in [3.05, 3.63) is 23.9 Å². The Balaban J connectivity index is 1.84. The average Bonchev–Trinajstić information content (AvgIpc) is 2.65. The minimum Gasteiger partial charge on any atom is -0.354 e. The molecule has 1 unspecified atom stereocenters. The number of likely N-dealkylation sites (N-methyl/N-ethyl adjacent to an activating group) is 1. The Morgan fingerprint density at radius 3 is 2.54 bits per heavy atom. The number of nitrogens with one attached hydrogen (secondary N) is 2. The number of aliphatic imine (C=N–C) groups is 1. The van der Waals surface area contributed by atoms with E-state index in [1.807, 2.05) is 6.20 Å². The molecule has 1 saturated heterocycles. The van der Waals surface area contributed by atoms with Crippen LogP contribution in [-0.4, -0.2) is 61.7 Å². The van der Waals surface area contributed by atoms with Gasteiger partial charge in [0.2, 0.25) is 0 Å². The fraction of sp³-hybridized carbons (Fsp3) is 0.667. The number of hydrogen-bond donors (Lipinski definition) is 2. The molecule has 6 heteroatoms. The van der Waals surface area contributed by atoms with Gasteiger partial charge >= 0.3 is 0 Å². The molecule has 2 rings (SSSR count). The predicted molar refractivity (Wildman–Crippen MR) is 102 cm³/mol. The minimum atomic E-state index is 0.415. The maximum Gasteiger partial charge on any atom is 0.191 e. The van der Waals surface area contributed by atoms with Crippen LogP contribution in [0.15, 0.2) is 23.3 Å². The van der Waals surface area contributed by atoms with Gasteiger partial charge in [0.05, 0.1) is 0 Å². The van der Waals surface area contributed by atoms with Crippen molar-refractivity contribution in [3.8, 4) is 0 Å². The molecule has 1 aliphatic rings. The van der Waals surface area contributed by atoms with E-state index < -0.39 is 0 Å². The second-order valence-corrected chi connectivity index (χ2v) is 6.33. The minimum absolute atomic E-state index is 0.415. The van der Waals surface area contributed by atoms with Crippen molar-refractivity contribution < 1.29 is 0 Å². The van der Waals surface area contributed by atoms with E-state index in [0.717, 1.165) is 63.0 Å². The lowest BCUT2D eigenvalue weighted by Gasteiger charge is -2.34. The first-order chi connectivity index (χ1) is 11.7. The Labute approximate surface area is 146 Å². The van der Waals surface area contributed by atoms with Gasteiger partial charge in [-0.3, -0.25) is 4.99 Å². The molecule has 0 radical (unpaired) electrons. The lowest BCUT2D eigenvalue weighted by molar-refractivity contribution is 0.270. The van der Waals surface area contributed by atoms with E-state index in [0.29, 0.717) is 6.04 Å². The summed E-state index contributed by atoms with van der Waals surface area (Å²) >= 11 is 0. The van der Waals surface area contributed by atoms with Gasteiger partial charge in [-0.15, -0.1) is 0 Å². The van der Waals surface area contributed by atoms with Gasteiger partial charge in [-0.05, 0) is 31.5 Å². The van der Waals surface area contributed by atoms with Crippen molar-refractivity contribution >= 4 is 11.8 Å². The van der Waals surface area contributed by atoms with Crippen molar-refractivity contribution in [2.24, 2.45) is 4.99 Å². The van der Waals surface area contributed by atoms with Crippen LogP contribution in [0.3, 0.4) is 0 Å². The normalized spacial score (nSPS) is 17.7. The van der Waals surface area contributed by atoms with E-state index in [2.05, 4.69) is 63.3 Å². The number of piperazine rings is 1. The van der Waals surface area contributed by atoms with Gasteiger partial charge in [-0.1, -0.05) is 19.9 Å². The summed E-state index contributed by atoms with van der Waals surface area (Å²) in [6.45, 7) is 12.8. The number of pyridine rings is 1. The second kappa shape index (κ2) is 9.47. The summed E-state index contributed by atoms with van der Waals surface area (Å²) in [6.07, 6.45) is 3.04. The molecule has 6 nitrogen and oxygen atoms in total. The van der Waals surface area contributed by atoms with Gasteiger partial charge in [-0.25, -0.2) is 4.98 Å². The number of hydrogen-bond acceptors (Lipinski definition) is 4. The number of aromatic nitrogens is 1. The molecule has 0 aliphatic carbocycles. The van der Waals surface area contributed by atoms with E-state index in [9.17, 15) is 0 Å². The summed E-state index contributed by atoms with van der Waals surface area (Å²) in [7, 11) is 1.80. The van der Waals surface area contributed by atoms with Crippen LogP contribution < -0.4 is 15.5 Å². The third-order valence-electron chi connectivity index (χ3n) is 4.63. The van der Waals surface area contributed by atoms with Crippen LogP contribution >= 0.6 is 0 Å². The smallest absolute Gasteiger partial charge is 0.191 e. The van der Waals surface area contributed by atoms with Crippen LogP contribution in [0.1, 0.15) is 32.8 Å². The summed E-state index contributed by atoms with van der Waals surface area (Å²) in [5.74, 6) is 1.92. The zero-order valence-corrected chi connectivity index (χ0v) is 15.5. The highest BCUT2D eigenvalue weighted by Crippen LogP contribution is 2.14. The molecule has 0 saturated carbocycles.